The van der Waals surface area contributed by atoms with Crippen LogP contribution in [0.15, 0.2) is 46.0 Å². The molecule has 0 radical (unpaired) electrons. The Morgan fingerprint density at radius 2 is 2.06 bits per heavy atom. The number of rotatable bonds is 4. The van der Waals surface area contributed by atoms with Crippen LogP contribution >= 0.6 is 11.8 Å². The number of carboxylic acid groups (broad SMARTS) is 1. The van der Waals surface area contributed by atoms with E-state index in [4.69, 9.17) is 9.52 Å². The van der Waals surface area contributed by atoms with Gasteiger partial charge in [-0.1, -0.05) is 0 Å². The number of carboxylic acids is 1. The zero-order valence-electron chi connectivity index (χ0n) is 8.29. The number of thioether (sulfide) groups is 1. The summed E-state index contributed by atoms with van der Waals surface area (Å²) in [5.74, 6) is 0.196. The molecule has 0 aromatic carbocycles. The van der Waals surface area contributed by atoms with Crippen LogP contribution in [-0.2, 0) is 5.75 Å². The van der Waals surface area contributed by atoms with Gasteiger partial charge in [0.1, 0.15) is 5.76 Å². The van der Waals surface area contributed by atoms with Crippen molar-refractivity contribution in [2.24, 2.45) is 0 Å². The molecule has 82 valence electrons. The fourth-order valence-electron chi connectivity index (χ4n) is 1.16. The fraction of sp³-hybridized carbons (Fsp3) is 0.0909. The van der Waals surface area contributed by atoms with Crippen molar-refractivity contribution in [1.82, 2.24) is 4.98 Å². The van der Waals surface area contributed by atoms with Gasteiger partial charge in [0, 0.05) is 17.3 Å². The van der Waals surface area contributed by atoms with Crippen molar-refractivity contribution in [3.63, 3.8) is 0 Å². The van der Waals surface area contributed by atoms with Gasteiger partial charge in [0.15, 0.2) is 0 Å². The smallest absolute Gasteiger partial charge is 0.371 e. The second-order valence-corrected chi connectivity index (χ2v) is 4.09. The van der Waals surface area contributed by atoms with Gasteiger partial charge >= 0.3 is 5.97 Å². The van der Waals surface area contributed by atoms with Crippen molar-refractivity contribution in [3.8, 4) is 0 Å². The second kappa shape index (κ2) is 4.85. The van der Waals surface area contributed by atoms with E-state index in [0.29, 0.717) is 11.5 Å². The van der Waals surface area contributed by atoms with Crippen LogP contribution in [0.3, 0.4) is 0 Å². The van der Waals surface area contributed by atoms with Crippen LogP contribution in [0.25, 0.3) is 0 Å². The Kier molecular flexibility index (Phi) is 3.26. The lowest BCUT2D eigenvalue weighted by atomic mass is 10.4. The standard InChI is InChI=1S/C11H9NO3S/c13-11(14)10-2-1-8(15-10)7-16-9-3-5-12-6-4-9/h1-6H,7H2,(H,13,14). The Balaban J connectivity index is 1.97. The van der Waals surface area contributed by atoms with Gasteiger partial charge in [0.25, 0.3) is 0 Å². The molecular weight excluding hydrogens is 226 g/mol. The highest BCUT2D eigenvalue weighted by molar-refractivity contribution is 7.98. The van der Waals surface area contributed by atoms with E-state index in [1.54, 1.807) is 30.2 Å². The summed E-state index contributed by atoms with van der Waals surface area (Å²) in [5.41, 5.74) is 0. The van der Waals surface area contributed by atoms with E-state index in [2.05, 4.69) is 4.98 Å². The molecular formula is C11H9NO3S. The number of nitrogens with zero attached hydrogens (tertiary/aromatic N) is 1. The number of aromatic nitrogens is 1. The molecule has 2 aromatic rings. The third-order valence-corrected chi connectivity index (χ3v) is 2.94. The minimum absolute atomic E-state index is 0.0228. The molecule has 2 aromatic heterocycles. The fourth-order valence-corrected chi connectivity index (χ4v) is 1.94. The molecule has 0 aliphatic heterocycles. The van der Waals surface area contributed by atoms with Gasteiger partial charge in [-0.25, -0.2) is 4.79 Å². The summed E-state index contributed by atoms with van der Waals surface area (Å²) in [6.07, 6.45) is 3.43. The van der Waals surface area contributed by atoms with E-state index in [-0.39, 0.29) is 5.76 Å². The molecule has 0 spiro atoms. The molecule has 2 heterocycles. The van der Waals surface area contributed by atoms with Crippen LogP contribution < -0.4 is 0 Å². The third-order valence-electron chi connectivity index (χ3n) is 1.90. The Labute approximate surface area is 96.3 Å². The molecule has 0 aliphatic rings. The summed E-state index contributed by atoms with van der Waals surface area (Å²) in [6.45, 7) is 0. The lowest BCUT2D eigenvalue weighted by Crippen LogP contribution is -1.91. The topological polar surface area (TPSA) is 63.3 Å². The molecule has 0 amide bonds. The van der Waals surface area contributed by atoms with Crippen molar-refractivity contribution in [1.29, 1.82) is 0 Å². The molecule has 4 nitrogen and oxygen atoms in total. The van der Waals surface area contributed by atoms with Crippen LogP contribution in [0.5, 0.6) is 0 Å². The minimum Gasteiger partial charge on any atom is -0.475 e. The lowest BCUT2D eigenvalue weighted by Gasteiger charge is -1.97. The first kappa shape index (κ1) is 10.8. The highest BCUT2D eigenvalue weighted by Gasteiger charge is 2.08. The summed E-state index contributed by atoms with van der Waals surface area (Å²) in [5, 5.41) is 8.67. The summed E-state index contributed by atoms with van der Waals surface area (Å²) in [6, 6.07) is 6.93. The van der Waals surface area contributed by atoms with Crippen LogP contribution in [0, 0.1) is 0 Å². The molecule has 16 heavy (non-hydrogen) atoms. The molecule has 2 rings (SSSR count). The minimum atomic E-state index is -1.04. The summed E-state index contributed by atoms with van der Waals surface area (Å²) in [7, 11) is 0. The highest BCUT2D eigenvalue weighted by Crippen LogP contribution is 2.22. The van der Waals surface area contributed by atoms with Gasteiger partial charge in [-0.3, -0.25) is 4.98 Å². The SMILES string of the molecule is O=C(O)c1ccc(CSc2ccncc2)o1. The molecule has 0 bridgehead atoms. The maximum atomic E-state index is 10.6. The molecule has 0 aliphatic carbocycles. The number of hydrogen-bond acceptors (Lipinski definition) is 4. The Hall–Kier alpha value is -1.75. The molecule has 0 saturated heterocycles. The van der Waals surface area contributed by atoms with Gasteiger partial charge in [-0.2, -0.15) is 0 Å². The van der Waals surface area contributed by atoms with Gasteiger partial charge in [0.2, 0.25) is 5.76 Å². The largest absolute Gasteiger partial charge is 0.475 e. The van der Waals surface area contributed by atoms with E-state index in [1.807, 2.05) is 12.1 Å². The predicted molar refractivity (Wildman–Crippen MR) is 59.5 cm³/mol. The maximum absolute atomic E-state index is 10.6. The van der Waals surface area contributed by atoms with Crippen LogP contribution in [0.2, 0.25) is 0 Å². The average Bonchev–Trinajstić information content (AvgIpc) is 2.76. The first-order valence-electron chi connectivity index (χ1n) is 4.60. The highest BCUT2D eigenvalue weighted by atomic mass is 32.2. The van der Waals surface area contributed by atoms with Crippen LogP contribution in [0.4, 0.5) is 0 Å². The van der Waals surface area contributed by atoms with Gasteiger partial charge < -0.3 is 9.52 Å². The van der Waals surface area contributed by atoms with Gasteiger partial charge in [-0.15, -0.1) is 11.8 Å². The molecule has 1 N–H and O–H groups in total. The zero-order chi connectivity index (χ0) is 11.4. The van der Waals surface area contributed by atoms with Crippen LogP contribution in [-0.4, -0.2) is 16.1 Å². The zero-order valence-corrected chi connectivity index (χ0v) is 9.11. The summed E-state index contributed by atoms with van der Waals surface area (Å²) < 4.78 is 5.13. The van der Waals surface area contributed by atoms with Crippen LogP contribution in [0.1, 0.15) is 16.3 Å². The average molecular weight is 235 g/mol. The van der Waals surface area contributed by atoms with Gasteiger partial charge in [-0.05, 0) is 24.3 Å². The first-order chi connectivity index (χ1) is 7.75. The normalized spacial score (nSPS) is 10.2. The number of pyridine rings is 1. The van der Waals surface area contributed by atoms with E-state index in [9.17, 15) is 4.79 Å². The van der Waals surface area contributed by atoms with E-state index < -0.39 is 5.97 Å². The molecule has 0 unspecified atom stereocenters. The first-order valence-corrected chi connectivity index (χ1v) is 5.59. The molecule has 5 heteroatoms. The van der Waals surface area contributed by atoms with Crippen molar-refractivity contribution in [2.45, 2.75) is 10.6 Å². The molecule has 0 fully saturated rings. The van der Waals surface area contributed by atoms with Crippen molar-refractivity contribution >= 4 is 17.7 Å². The predicted octanol–water partition coefficient (Wildman–Crippen LogP) is 2.67. The Morgan fingerprint density at radius 1 is 1.31 bits per heavy atom. The lowest BCUT2D eigenvalue weighted by molar-refractivity contribution is 0.0661. The van der Waals surface area contributed by atoms with E-state index in [1.165, 1.54) is 6.07 Å². The van der Waals surface area contributed by atoms with Crippen molar-refractivity contribution in [3.05, 3.63) is 48.2 Å². The molecule has 0 saturated carbocycles. The number of aromatic carboxylic acids is 1. The number of furan rings is 1. The maximum Gasteiger partial charge on any atom is 0.371 e. The Morgan fingerprint density at radius 3 is 2.69 bits per heavy atom. The summed E-state index contributed by atoms with van der Waals surface area (Å²) >= 11 is 1.57. The second-order valence-electron chi connectivity index (χ2n) is 3.04. The van der Waals surface area contributed by atoms with Crippen molar-refractivity contribution in [2.75, 3.05) is 0 Å². The number of carbonyl (C=O) groups is 1. The van der Waals surface area contributed by atoms with E-state index >= 15 is 0 Å². The van der Waals surface area contributed by atoms with E-state index in [0.717, 1.165) is 4.90 Å². The monoisotopic (exact) mass is 235 g/mol. The Bertz CT molecular complexity index is 481. The van der Waals surface area contributed by atoms with Gasteiger partial charge in [0.05, 0.1) is 5.75 Å². The van der Waals surface area contributed by atoms with Crippen molar-refractivity contribution < 1.29 is 14.3 Å². The number of hydrogen-bond donors (Lipinski definition) is 1. The third kappa shape index (κ3) is 2.64. The summed E-state index contributed by atoms with van der Waals surface area (Å²) in [4.78, 5) is 15.6. The molecule has 0 atom stereocenters. The quantitative estimate of drug-likeness (QED) is 0.825.